The highest BCUT2D eigenvalue weighted by Crippen LogP contribution is 2.24. The lowest BCUT2D eigenvalue weighted by molar-refractivity contribution is -0.383. The Morgan fingerprint density at radius 2 is 1.68 bits per heavy atom. The molecule has 7 heteroatoms. The maximum absolute atomic E-state index is 12.5. The van der Waals surface area contributed by atoms with Crippen molar-refractivity contribution in [1.29, 1.82) is 5.26 Å². The normalized spacial score (nSPS) is 11.0. The smallest absolute Gasteiger partial charge is 0.292 e. The molecular formula is C27H19N3O4. The monoisotopic (exact) mass is 449 g/mol. The van der Waals surface area contributed by atoms with E-state index >= 15 is 0 Å². The molecular weight excluding hydrogens is 430 g/mol. The molecule has 4 rings (SSSR count). The van der Waals surface area contributed by atoms with Gasteiger partial charge in [-0.1, -0.05) is 66.7 Å². The Bertz CT molecular complexity index is 1430. The molecule has 0 spiro atoms. The number of para-hydroxylation sites is 2. The second-order valence-corrected chi connectivity index (χ2v) is 7.39. The van der Waals surface area contributed by atoms with Gasteiger partial charge >= 0.3 is 0 Å². The quantitative estimate of drug-likeness (QED) is 0.164. The van der Waals surface area contributed by atoms with Gasteiger partial charge in [-0.2, -0.15) is 5.26 Å². The molecule has 1 amide bonds. The van der Waals surface area contributed by atoms with Gasteiger partial charge in [0, 0.05) is 6.07 Å². The average molecular weight is 449 g/mol. The standard InChI is InChI=1S/C27H19N3O4/c28-17-22(27(31)29-25-10-3-4-11-26(25)30(32)33)16-19-12-14-23(15-13-19)34-18-21-8-5-7-20-6-1-2-9-24(20)21/h1-16H,18H2,(H,29,31)/b22-16-. The third-order valence-electron chi connectivity index (χ3n) is 5.18. The summed E-state index contributed by atoms with van der Waals surface area (Å²) in [7, 11) is 0. The van der Waals surface area contributed by atoms with Crippen molar-refractivity contribution in [3.63, 3.8) is 0 Å². The molecule has 0 radical (unpaired) electrons. The van der Waals surface area contributed by atoms with Crippen LogP contribution in [-0.4, -0.2) is 10.8 Å². The second-order valence-electron chi connectivity index (χ2n) is 7.39. The van der Waals surface area contributed by atoms with Gasteiger partial charge in [0.15, 0.2) is 0 Å². The number of nitrogens with one attached hydrogen (secondary N) is 1. The number of rotatable bonds is 7. The van der Waals surface area contributed by atoms with E-state index in [2.05, 4.69) is 23.5 Å². The van der Waals surface area contributed by atoms with Crippen LogP contribution in [0.1, 0.15) is 11.1 Å². The Morgan fingerprint density at radius 3 is 2.44 bits per heavy atom. The van der Waals surface area contributed by atoms with Gasteiger partial charge in [0.25, 0.3) is 11.6 Å². The molecule has 0 saturated carbocycles. The van der Waals surface area contributed by atoms with Crippen LogP contribution in [0.2, 0.25) is 0 Å². The van der Waals surface area contributed by atoms with E-state index in [0.717, 1.165) is 16.3 Å². The molecule has 0 saturated heterocycles. The number of carbonyl (C=O) groups is 1. The van der Waals surface area contributed by atoms with Crippen LogP contribution in [0.3, 0.4) is 0 Å². The van der Waals surface area contributed by atoms with E-state index in [9.17, 15) is 20.2 Å². The van der Waals surface area contributed by atoms with Crippen LogP contribution in [0, 0.1) is 21.4 Å². The molecule has 0 fully saturated rings. The zero-order chi connectivity index (χ0) is 23.9. The summed E-state index contributed by atoms with van der Waals surface area (Å²) in [5, 5.41) is 25.3. The number of nitrogens with zero attached hydrogens (tertiary/aromatic N) is 2. The van der Waals surface area contributed by atoms with E-state index in [0.29, 0.717) is 17.9 Å². The fourth-order valence-electron chi connectivity index (χ4n) is 3.48. The molecule has 0 aliphatic heterocycles. The third-order valence-corrected chi connectivity index (χ3v) is 5.18. The Labute approximate surface area is 195 Å². The molecule has 7 nitrogen and oxygen atoms in total. The number of anilines is 1. The van der Waals surface area contributed by atoms with Gasteiger partial charge in [-0.15, -0.1) is 0 Å². The molecule has 4 aromatic carbocycles. The Hall–Kier alpha value is -4.96. The second kappa shape index (κ2) is 10.1. The number of nitro benzene ring substituents is 1. The largest absolute Gasteiger partial charge is 0.489 e. The Morgan fingerprint density at radius 1 is 0.971 bits per heavy atom. The van der Waals surface area contributed by atoms with E-state index in [1.807, 2.05) is 30.3 Å². The van der Waals surface area contributed by atoms with E-state index < -0.39 is 10.8 Å². The third kappa shape index (κ3) is 5.09. The summed E-state index contributed by atoms with van der Waals surface area (Å²) in [6.45, 7) is 0.401. The minimum atomic E-state index is -0.729. The Kier molecular flexibility index (Phi) is 6.61. The minimum absolute atomic E-state index is 0.0239. The molecule has 0 heterocycles. The molecule has 1 N–H and O–H groups in total. The van der Waals surface area contributed by atoms with Crippen LogP contribution in [0.5, 0.6) is 5.75 Å². The summed E-state index contributed by atoms with van der Waals surface area (Å²) in [6, 6.07) is 28.7. The number of ether oxygens (including phenoxy) is 1. The highest BCUT2D eigenvalue weighted by molar-refractivity contribution is 6.10. The van der Waals surface area contributed by atoms with Gasteiger partial charge in [-0.25, -0.2) is 0 Å². The molecule has 4 aromatic rings. The van der Waals surface area contributed by atoms with Crippen molar-refractivity contribution < 1.29 is 14.5 Å². The van der Waals surface area contributed by atoms with Gasteiger partial charge in [-0.05, 0) is 46.2 Å². The van der Waals surface area contributed by atoms with E-state index in [1.165, 1.54) is 24.3 Å². The average Bonchev–Trinajstić information content (AvgIpc) is 2.86. The van der Waals surface area contributed by atoms with Crippen molar-refractivity contribution in [2.45, 2.75) is 6.61 Å². The SMILES string of the molecule is N#C/C(=C/c1ccc(OCc2cccc3ccccc23)cc1)C(=O)Nc1ccccc1[N+](=O)[O-]. The first kappa shape index (κ1) is 22.2. The Balaban J connectivity index is 1.45. The maximum atomic E-state index is 12.5. The number of carbonyl (C=O) groups excluding carboxylic acids is 1. The minimum Gasteiger partial charge on any atom is -0.489 e. The number of nitro groups is 1. The van der Waals surface area contributed by atoms with Gasteiger partial charge in [0.05, 0.1) is 4.92 Å². The fourth-order valence-corrected chi connectivity index (χ4v) is 3.48. The summed E-state index contributed by atoms with van der Waals surface area (Å²) in [5.74, 6) is -0.0824. The van der Waals surface area contributed by atoms with Crippen molar-refractivity contribution in [1.82, 2.24) is 0 Å². The van der Waals surface area contributed by atoms with Crippen molar-refractivity contribution in [3.8, 4) is 11.8 Å². The lowest BCUT2D eigenvalue weighted by Gasteiger charge is -2.09. The van der Waals surface area contributed by atoms with E-state index in [4.69, 9.17) is 4.74 Å². The molecule has 0 aliphatic carbocycles. The molecule has 166 valence electrons. The molecule has 0 aromatic heterocycles. The molecule has 0 unspecified atom stereocenters. The van der Waals surface area contributed by atoms with Crippen LogP contribution in [0.15, 0.2) is 96.6 Å². The van der Waals surface area contributed by atoms with E-state index in [1.54, 1.807) is 30.3 Å². The highest BCUT2D eigenvalue weighted by Gasteiger charge is 2.17. The van der Waals surface area contributed by atoms with Crippen LogP contribution < -0.4 is 10.1 Å². The fraction of sp³-hybridized carbons (Fsp3) is 0.0370. The highest BCUT2D eigenvalue weighted by atomic mass is 16.6. The number of benzene rings is 4. The number of hydrogen-bond donors (Lipinski definition) is 1. The summed E-state index contributed by atoms with van der Waals surface area (Å²) in [4.78, 5) is 23.0. The first-order valence-corrected chi connectivity index (χ1v) is 10.4. The molecule has 0 bridgehead atoms. The number of nitriles is 1. The number of fused-ring (bicyclic) bond motifs is 1. The summed E-state index contributed by atoms with van der Waals surface area (Å²) < 4.78 is 5.92. The van der Waals surface area contributed by atoms with Gasteiger partial charge in [0.2, 0.25) is 0 Å². The van der Waals surface area contributed by atoms with Crippen molar-refractivity contribution in [2.24, 2.45) is 0 Å². The lowest BCUT2D eigenvalue weighted by atomic mass is 10.1. The molecule has 0 aliphatic rings. The number of amides is 1. The first-order valence-electron chi connectivity index (χ1n) is 10.4. The van der Waals surface area contributed by atoms with E-state index in [-0.39, 0.29) is 16.9 Å². The van der Waals surface area contributed by atoms with Crippen molar-refractivity contribution in [2.75, 3.05) is 5.32 Å². The summed E-state index contributed by atoms with van der Waals surface area (Å²) in [5.41, 5.74) is 1.28. The summed E-state index contributed by atoms with van der Waals surface area (Å²) >= 11 is 0. The van der Waals surface area contributed by atoms with Gasteiger partial charge in [-0.3, -0.25) is 14.9 Å². The predicted octanol–water partition coefficient (Wildman–Crippen LogP) is 5.87. The molecule has 0 atom stereocenters. The van der Waals surface area contributed by atoms with Crippen LogP contribution in [0.4, 0.5) is 11.4 Å². The molecule has 34 heavy (non-hydrogen) atoms. The zero-order valence-electron chi connectivity index (χ0n) is 18.0. The van der Waals surface area contributed by atoms with Crippen molar-refractivity contribution in [3.05, 3.63) is 118 Å². The maximum Gasteiger partial charge on any atom is 0.292 e. The number of hydrogen-bond acceptors (Lipinski definition) is 5. The van der Waals surface area contributed by atoms with Crippen LogP contribution in [0.25, 0.3) is 16.8 Å². The summed E-state index contributed by atoms with van der Waals surface area (Å²) in [6.07, 6.45) is 1.42. The topological polar surface area (TPSA) is 105 Å². The first-order chi connectivity index (χ1) is 16.5. The van der Waals surface area contributed by atoms with Gasteiger partial charge < -0.3 is 10.1 Å². The van der Waals surface area contributed by atoms with Crippen LogP contribution >= 0.6 is 0 Å². The lowest BCUT2D eigenvalue weighted by Crippen LogP contribution is -2.14. The predicted molar refractivity (Wildman–Crippen MR) is 130 cm³/mol. The van der Waals surface area contributed by atoms with Crippen LogP contribution in [-0.2, 0) is 11.4 Å². The van der Waals surface area contributed by atoms with Crippen molar-refractivity contribution >= 4 is 34.1 Å². The zero-order valence-corrected chi connectivity index (χ0v) is 18.0. The van der Waals surface area contributed by atoms with Gasteiger partial charge in [0.1, 0.15) is 29.7 Å².